The van der Waals surface area contributed by atoms with Gasteiger partial charge in [0.2, 0.25) is 5.89 Å². The third kappa shape index (κ3) is 1.57. The van der Waals surface area contributed by atoms with Gasteiger partial charge in [-0.25, -0.2) is 4.98 Å². The van der Waals surface area contributed by atoms with Gasteiger partial charge in [0.1, 0.15) is 12.1 Å². The van der Waals surface area contributed by atoms with Gasteiger partial charge in [-0.1, -0.05) is 18.2 Å². The first-order chi connectivity index (χ1) is 8.77. The SMILES string of the molecule is Cn1ncc(-c2ccccc2-c2ncco2)c1N. The molecular formula is C13H12N4O. The van der Waals surface area contributed by atoms with E-state index in [9.17, 15) is 0 Å². The average Bonchev–Trinajstić information content (AvgIpc) is 3.02. The summed E-state index contributed by atoms with van der Waals surface area (Å²) in [5.41, 5.74) is 8.76. The van der Waals surface area contributed by atoms with Crippen molar-refractivity contribution in [2.75, 3.05) is 5.73 Å². The van der Waals surface area contributed by atoms with Crippen molar-refractivity contribution >= 4 is 5.82 Å². The summed E-state index contributed by atoms with van der Waals surface area (Å²) in [5.74, 6) is 1.20. The second-order valence-corrected chi connectivity index (χ2v) is 3.95. The van der Waals surface area contributed by atoms with Crippen molar-refractivity contribution in [3.8, 4) is 22.6 Å². The van der Waals surface area contributed by atoms with Gasteiger partial charge in [-0.05, 0) is 11.6 Å². The summed E-state index contributed by atoms with van der Waals surface area (Å²) in [4.78, 5) is 4.17. The fraction of sp³-hybridized carbons (Fsp3) is 0.0769. The highest BCUT2D eigenvalue weighted by Gasteiger charge is 2.14. The van der Waals surface area contributed by atoms with Crippen LogP contribution in [0, 0.1) is 0 Å². The van der Waals surface area contributed by atoms with E-state index in [2.05, 4.69) is 10.1 Å². The molecule has 5 heteroatoms. The van der Waals surface area contributed by atoms with Gasteiger partial charge in [0.25, 0.3) is 0 Å². The Hall–Kier alpha value is -2.56. The summed E-state index contributed by atoms with van der Waals surface area (Å²) in [7, 11) is 1.81. The predicted octanol–water partition coefficient (Wildman–Crippen LogP) is 2.32. The Morgan fingerprint density at radius 3 is 2.56 bits per heavy atom. The molecule has 5 nitrogen and oxygen atoms in total. The number of nitrogens with two attached hydrogens (primary N) is 1. The van der Waals surface area contributed by atoms with Gasteiger partial charge in [-0.3, -0.25) is 4.68 Å². The Bertz CT molecular complexity index is 670. The Balaban J connectivity index is 2.22. The molecule has 3 rings (SSSR count). The predicted molar refractivity (Wildman–Crippen MR) is 68.6 cm³/mol. The van der Waals surface area contributed by atoms with Crippen LogP contribution >= 0.6 is 0 Å². The van der Waals surface area contributed by atoms with Crippen molar-refractivity contribution in [3.63, 3.8) is 0 Å². The normalized spacial score (nSPS) is 10.7. The van der Waals surface area contributed by atoms with Crippen LogP contribution in [0.2, 0.25) is 0 Å². The van der Waals surface area contributed by atoms with Crippen LogP contribution in [0.4, 0.5) is 5.82 Å². The third-order valence-electron chi connectivity index (χ3n) is 2.86. The molecule has 0 bridgehead atoms. The second kappa shape index (κ2) is 4.03. The van der Waals surface area contributed by atoms with Gasteiger partial charge in [-0.15, -0.1) is 0 Å². The molecule has 0 aliphatic heterocycles. The highest BCUT2D eigenvalue weighted by molar-refractivity contribution is 5.84. The molecule has 0 amide bonds. The minimum absolute atomic E-state index is 0.578. The van der Waals surface area contributed by atoms with Gasteiger partial charge in [0.05, 0.1) is 12.4 Å². The quantitative estimate of drug-likeness (QED) is 0.746. The first-order valence-electron chi connectivity index (χ1n) is 5.54. The zero-order chi connectivity index (χ0) is 12.5. The summed E-state index contributed by atoms with van der Waals surface area (Å²) < 4.78 is 6.99. The minimum atomic E-state index is 0.578. The van der Waals surface area contributed by atoms with Crippen molar-refractivity contribution in [2.24, 2.45) is 7.05 Å². The number of rotatable bonds is 2. The van der Waals surface area contributed by atoms with Crippen LogP contribution in [0.5, 0.6) is 0 Å². The molecule has 90 valence electrons. The van der Waals surface area contributed by atoms with Gasteiger partial charge in [-0.2, -0.15) is 5.10 Å². The summed E-state index contributed by atoms with van der Waals surface area (Å²) >= 11 is 0. The number of nitrogen functional groups attached to an aromatic ring is 1. The molecule has 2 aromatic heterocycles. The molecule has 2 N–H and O–H groups in total. The van der Waals surface area contributed by atoms with E-state index in [1.807, 2.05) is 31.3 Å². The van der Waals surface area contributed by atoms with E-state index in [1.54, 1.807) is 23.3 Å². The Labute approximate surface area is 104 Å². The number of oxazole rings is 1. The first-order valence-corrected chi connectivity index (χ1v) is 5.54. The number of aromatic nitrogens is 3. The largest absolute Gasteiger partial charge is 0.445 e. The van der Waals surface area contributed by atoms with Crippen molar-refractivity contribution in [2.45, 2.75) is 0 Å². The van der Waals surface area contributed by atoms with Crippen LogP contribution in [0.3, 0.4) is 0 Å². The number of hydrogen-bond donors (Lipinski definition) is 1. The van der Waals surface area contributed by atoms with E-state index in [1.165, 1.54) is 0 Å². The average molecular weight is 240 g/mol. The lowest BCUT2D eigenvalue weighted by Crippen LogP contribution is -1.98. The molecule has 2 heterocycles. The number of hydrogen-bond acceptors (Lipinski definition) is 4. The Kier molecular flexibility index (Phi) is 2.37. The summed E-state index contributed by atoms with van der Waals surface area (Å²) in [6.45, 7) is 0. The summed E-state index contributed by atoms with van der Waals surface area (Å²) in [6.07, 6.45) is 4.93. The number of benzene rings is 1. The Morgan fingerprint density at radius 2 is 1.94 bits per heavy atom. The van der Waals surface area contributed by atoms with Crippen LogP contribution in [0.25, 0.3) is 22.6 Å². The van der Waals surface area contributed by atoms with Crippen LogP contribution in [-0.2, 0) is 7.05 Å². The molecule has 3 aromatic rings. The molecule has 0 aliphatic carbocycles. The molecule has 1 aromatic carbocycles. The van der Waals surface area contributed by atoms with Crippen LogP contribution in [0.1, 0.15) is 0 Å². The first kappa shape index (κ1) is 10.6. The fourth-order valence-electron chi connectivity index (χ4n) is 1.92. The molecular weight excluding hydrogens is 228 g/mol. The summed E-state index contributed by atoms with van der Waals surface area (Å²) in [6, 6.07) is 7.82. The van der Waals surface area contributed by atoms with Crippen molar-refractivity contribution in [3.05, 3.63) is 42.9 Å². The molecule has 0 radical (unpaired) electrons. The van der Waals surface area contributed by atoms with Crippen molar-refractivity contribution in [1.82, 2.24) is 14.8 Å². The maximum absolute atomic E-state index is 6.01. The third-order valence-corrected chi connectivity index (χ3v) is 2.86. The van der Waals surface area contributed by atoms with Crippen LogP contribution in [-0.4, -0.2) is 14.8 Å². The van der Waals surface area contributed by atoms with Gasteiger partial charge in [0, 0.05) is 18.2 Å². The molecule has 0 aliphatic rings. The zero-order valence-corrected chi connectivity index (χ0v) is 9.87. The van der Waals surface area contributed by atoms with E-state index < -0.39 is 0 Å². The van der Waals surface area contributed by atoms with Crippen LogP contribution < -0.4 is 5.73 Å². The van der Waals surface area contributed by atoms with Gasteiger partial charge in [0.15, 0.2) is 0 Å². The highest BCUT2D eigenvalue weighted by atomic mass is 16.3. The second-order valence-electron chi connectivity index (χ2n) is 3.95. The van der Waals surface area contributed by atoms with E-state index in [-0.39, 0.29) is 0 Å². The van der Waals surface area contributed by atoms with E-state index in [0.29, 0.717) is 11.7 Å². The number of nitrogens with zero attached hydrogens (tertiary/aromatic N) is 3. The van der Waals surface area contributed by atoms with E-state index in [0.717, 1.165) is 16.7 Å². The minimum Gasteiger partial charge on any atom is -0.445 e. The van der Waals surface area contributed by atoms with Crippen molar-refractivity contribution < 1.29 is 4.42 Å². The molecule has 0 atom stereocenters. The molecule has 0 saturated carbocycles. The smallest absolute Gasteiger partial charge is 0.226 e. The topological polar surface area (TPSA) is 69.9 Å². The number of aryl methyl sites for hydroxylation is 1. The number of anilines is 1. The summed E-state index contributed by atoms with van der Waals surface area (Å²) in [5, 5.41) is 4.16. The van der Waals surface area contributed by atoms with E-state index in [4.69, 9.17) is 10.2 Å². The standard InChI is InChI=1S/C13H12N4O/c1-17-12(14)11(8-16-17)9-4-2-3-5-10(9)13-15-6-7-18-13/h2-8H,14H2,1H3. The lowest BCUT2D eigenvalue weighted by atomic mass is 10.0. The molecule has 0 spiro atoms. The van der Waals surface area contributed by atoms with Crippen molar-refractivity contribution in [1.29, 1.82) is 0 Å². The molecule has 18 heavy (non-hydrogen) atoms. The maximum Gasteiger partial charge on any atom is 0.226 e. The van der Waals surface area contributed by atoms with Crippen LogP contribution in [0.15, 0.2) is 47.3 Å². The Morgan fingerprint density at radius 1 is 1.17 bits per heavy atom. The maximum atomic E-state index is 6.01. The molecule has 0 unspecified atom stereocenters. The molecule has 0 saturated heterocycles. The lowest BCUT2D eigenvalue weighted by Gasteiger charge is -2.05. The highest BCUT2D eigenvalue weighted by Crippen LogP contribution is 2.33. The molecule has 0 fully saturated rings. The van der Waals surface area contributed by atoms with Gasteiger partial charge >= 0.3 is 0 Å². The fourth-order valence-corrected chi connectivity index (χ4v) is 1.92. The van der Waals surface area contributed by atoms with Gasteiger partial charge < -0.3 is 10.2 Å². The zero-order valence-electron chi connectivity index (χ0n) is 9.87. The van der Waals surface area contributed by atoms with E-state index >= 15 is 0 Å². The lowest BCUT2D eigenvalue weighted by molar-refractivity contribution is 0.575. The monoisotopic (exact) mass is 240 g/mol.